The monoisotopic (exact) mass is 935 g/mol. The highest BCUT2D eigenvalue weighted by atomic mass is 35.5. The van der Waals surface area contributed by atoms with E-state index in [1.165, 1.54) is 11.5 Å². The molecule has 4 aromatic heterocycles. The molecule has 1 aliphatic heterocycles. The second-order valence-electron chi connectivity index (χ2n) is 16.3. The molecular formula is C49H50ClN5O10S. The standard InChI is InChI=1S/C49H50ClN5O10S/c1-29-34(15-16-38(44(29)50)60-24-21-55-19-22-59-23-20-55)42-43-41(26-52-45(42)31-10-8-11-31)66-54-47(43)64-39(48(56)62-28-40-30(2)63-49(57)65-40)25-32-9-4-6-13-36(32)61-27-33-17-18-51-46(53-33)35-12-5-7-14-37(35)58-3/h4-7,9,12-14,17-18,26,31,39H,8,10-11,15-16,19-25,27-28H2,1-3H3/t39-/m1/s1. The molecule has 0 bridgehead atoms. The Morgan fingerprint density at radius 2 is 1.77 bits per heavy atom. The number of aryl methyl sites for hydroxylation is 1. The summed E-state index contributed by atoms with van der Waals surface area (Å²) in [4.78, 5) is 42.8. The van der Waals surface area contributed by atoms with E-state index in [0.29, 0.717) is 53.1 Å². The third kappa shape index (κ3) is 10.0. The second-order valence-corrected chi connectivity index (χ2v) is 17.5. The van der Waals surface area contributed by atoms with Crippen molar-refractivity contribution >= 4 is 44.8 Å². The van der Waals surface area contributed by atoms with Crippen molar-refractivity contribution in [2.45, 2.75) is 77.6 Å². The van der Waals surface area contributed by atoms with E-state index in [4.69, 9.17) is 63.2 Å². The predicted molar refractivity (Wildman–Crippen MR) is 247 cm³/mol. The van der Waals surface area contributed by atoms with Crippen LogP contribution < -0.4 is 20.0 Å². The highest BCUT2D eigenvalue weighted by molar-refractivity contribution is 7.13. The highest BCUT2D eigenvalue weighted by Crippen LogP contribution is 2.48. The van der Waals surface area contributed by atoms with Crippen molar-refractivity contribution < 1.29 is 42.1 Å². The molecule has 0 N–H and O–H groups in total. The van der Waals surface area contributed by atoms with Crippen LogP contribution in [-0.4, -0.2) is 82.9 Å². The number of methoxy groups -OCH3 is 1. The van der Waals surface area contributed by atoms with E-state index < -0.39 is 17.9 Å². The number of ether oxygens (including phenoxy) is 6. The number of fused-ring (bicyclic) bond motifs is 1. The fourth-order valence-corrected chi connectivity index (χ4v) is 9.35. The number of nitrogens with zero attached hydrogens (tertiary/aromatic N) is 5. The number of hydrogen-bond donors (Lipinski definition) is 0. The predicted octanol–water partition coefficient (Wildman–Crippen LogP) is 8.96. The summed E-state index contributed by atoms with van der Waals surface area (Å²) in [7, 11) is 1.61. The van der Waals surface area contributed by atoms with Crippen molar-refractivity contribution in [3.8, 4) is 28.8 Å². The molecule has 0 radical (unpaired) electrons. The van der Waals surface area contributed by atoms with Gasteiger partial charge >= 0.3 is 11.8 Å². The maximum atomic E-state index is 14.3. The Morgan fingerprint density at radius 1 is 0.970 bits per heavy atom. The summed E-state index contributed by atoms with van der Waals surface area (Å²) in [5.74, 6) is 1.69. The van der Waals surface area contributed by atoms with Crippen LogP contribution in [0.5, 0.6) is 17.4 Å². The van der Waals surface area contributed by atoms with E-state index >= 15 is 0 Å². The number of pyridine rings is 1. The third-order valence-corrected chi connectivity index (χ3v) is 13.5. The first-order chi connectivity index (χ1) is 32.2. The number of carbonyl (C=O) groups excluding carboxylic acids is 1. The van der Waals surface area contributed by atoms with Crippen LogP contribution in [0.1, 0.15) is 79.0 Å². The van der Waals surface area contributed by atoms with E-state index in [-0.39, 0.29) is 43.0 Å². The van der Waals surface area contributed by atoms with Gasteiger partial charge in [0.15, 0.2) is 24.0 Å². The molecule has 1 saturated heterocycles. The zero-order valence-electron chi connectivity index (χ0n) is 37.0. The van der Waals surface area contributed by atoms with Crippen LogP contribution in [0.2, 0.25) is 0 Å². The van der Waals surface area contributed by atoms with Gasteiger partial charge in [-0.1, -0.05) is 48.4 Å². The summed E-state index contributed by atoms with van der Waals surface area (Å²) in [6.45, 7) is 7.92. The minimum Gasteiger partial charge on any atom is -0.496 e. The lowest BCUT2D eigenvalue weighted by Crippen LogP contribution is -2.38. The molecule has 2 aliphatic carbocycles. The Bertz CT molecular complexity index is 2830. The number of hydrogen-bond acceptors (Lipinski definition) is 16. The smallest absolute Gasteiger partial charge is 0.496 e. The highest BCUT2D eigenvalue weighted by Gasteiger charge is 2.34. The van der Waals surface area contributed by atoms with Crippen LogP contribution in [0.15, 0.2) is 97.0 Å². The van der Waals surface area contributed by atoms with Gasteiger partial charge in [-0.2, -0.15) is 4.37 Å². The first kappa shape index (κ1) is 45.1. The summed E-state index contributed by atoms with van der Waals surface area (Å²) < 4.78 is 52.1. The Kier molecular flexibility index (Phi) is 14.1. The lowest BCUT2D eigenvalue weighted by Gasteiger charge is -2.30. The van der Waals surface area contributed by atoms with E-state index in [9.17, 15) is 9.59 Å². The number of morpholine rings is 1. The van der Waals surface area contributed by atoms with Crippen LogP contribution in [0.4, 0.5) is 0 Å². The van der Waals surface area contributed by atoms with Gasteiger partial charge in [0.05, 0.1) is 52.4 Å². The molecular weight excluding hydrogens is 886 g/mol. The Morgan fingerprint density at radius 3 is 2.55 bits per heavy atom. The Balaban J connectivity index is 1.02. The summed E-state index contributed by atoms with van der Waals surface area (Å²) in [6.07, 6.45) is 6.76. The molecule has 2 aromatic carbocycles. The van der Waals surface area contributed by atoms with E-state index in [0.717, 1.165) is 95.9 Å². The zero-order valence-corrected chi connectivity index (χ0v) is 38.6. The molecule has 2 fully saturated rings. The van der Waals surface area contributed by atoms with Crippen LogP contribution in [-0.2, 0) is 38.6 Å². The summed E-state index contributed by atoms with van der Waals surface area (Å²) in [5, 5.41) is 1.36. The SMILES string of the molecule is COc1ccccc1-c1nccc(COc2ccccc2C[C@@H](Oc2nsc3cnc(C4CCC4)c(C4=C(C)C(Cl)=C(OCCN5CCOCC5)CC4)c23)C(=O)OCc2oc(=O)oc2C)n1. The largest absolute Gasteiger partial charge is 0.519 e. The number of aromatic nitrogens is 4. The topological polar surface area (TPSA) is 171 Å². The molecule has 1 atom stereocenters. The van der Waals surface area contributed by atoms with E-state index in [1.54, 1.807) is 26.3 Å². The second kappa shape index (κ2) is 20.6. The van der Waals surface area contributed by atoms with Gasteiger partial charge in [0.2, 0.25) is 12.0 Å². The lowest BCUT2D eigenvalue weighted by molar-refractivity contribution is -0.154. The molecule has 344 valence electrons. The van der Waals surface area contributed by atoms with Gasteiger partial charge in [0.25, 0.3) is 0 Å². The number of halogens is 1. The Labute approximate surface area is 390 Å². The average Bonchev–Trinajstić information content (AvgIpc) is 3.89. The molecule has 1 saturated carbocycles. The first-order valence-corrected chi connectivity index (χ1v) is 23.3. The Hall–Kier alpha value is -6.07. The van der Waals surface area contributed by atoms with Crippen LogP contribution >= 0.6 is 23.1 Å². The number of carbonyl (C=O) groups is 1. The molecule has 0 unspecified atom stereocenters. The third-order valence-electron chi connectivity index (χ3n) is 12.2. The number of rotatable bonds is 18. The summed E-state index contributed by atoms with van der Waals surface area (Å²) in [6, 6.07) is 16.7. The molecule has 66 heavy (non-hydrogen) atoms. The van der Waals surface area contributed by atoms with Crippen molar-refractivity contribution in [1.29, 1.82) is 0 Å². The fraction of sp³-hybridized carbons (Fsp3) is 0.388. The lowest BCUT2D eigenvalue weighted by atomic mass is 9.77. The van der Waals surface area contributed by atoms with Gasteiger partial charge in [-0.15, -0.1) is 0 Å². The van der Waals surface area contributed by atoms with Gasteiger partial charge < -0.3 is 37.3 Å². The number of benzene rings is 2. The quantitative estimate of drug-likeness (QED) is 0.0748. The van der Waals surface area contributed by atoms with Crippen LogP contribution in [0.25, 0.3) is 27.0 Å². The molecule has 0 spiro atoms. The van der Waals surface area contributed by atoms with Gasteiger partial charge in [0, 0.05) is 56.4 Å². The van der Waals surface area contributed by atoms with Crippen LogP contribution in [0, 0.1) is 6.92 Å². The van der Waals surface area contributed by atoms with Gasteiger partial charge in [0.1, 0.15) is 30.5 Å². The minimum absolute atomic E-state index is 0.0376. The fourth-order valence-electron chi connectivity index (χ4n) is 8.40. The molecule has 3 aliphatic rings. The summed E-state index contributed by atoms with van der Waals surface area (Å²) in [5.41, 5.74) is 5.93. The molecule has 0 amide bonds. The first-order valence-electron chi connectivity index (χ1n) is 22.1. The maximum absolute atomic E-state index is 14.3. The molecule has 17 heteroatoms. The van der Waals surface area contributed by atoms with Gasteiger partial charge in [-0.25, -0.2) is 19.6 Å². The maximum Gasteiger partial charge on any atom is 0.519 e. The van der Waals surface area contributed by atoms with Crippen molar-refractivity contribution in [3.05, 3.63) is 128 Å². The van der Waals surface area contributed by atoms with Crippen molar-refractivity contribution in [1.82, 2.24) is 24.2 Å². The van der Waals surface area contributed by atoms with Gasteiger partial charge in [-0.3, -0.25) is 9.88 Å². The summed E-state index contributed by atoms with van der Waals surface area (Å²) >= 11 is 8.41. The van der Waals surface area contributed by atoms with E-state index in [2.05, 4.69) is 9.88 Å². The van der Waals surface area contributed by atoms with Gasteiger partial charge in [-0.05, 0) is 85.6 Å². The number of allylic oxidation sites excluding steroid dienone is 4. The van der Waals surface area contributed by atoms with Crippen molar-refractivity contribution in [3.63, 3.8) is 0 Å². The molecule has 15 nitrogen and oxygen atoms in total. The molecule has 9 rings (SSSR count). The normalized spacial score (nSPS) is 16.3. The average molecular weight is 936 g/mol. The minimum atomic E-state index is -1.22. The van der Waals surface area contributed by atoms with E-state index in [1.807, 2.05) is 61.7 Å². The zero-order chi connectivity index (χ0) is 45.6. The molecule has 5 heterocycles. The number of esters is 1. The van der Waals surface area contributed by atoms with Crippen molar-refractivity contribution in [2.24, 2.45) is 0 Å². The van der Waals surface area contributed by atoms with Crippen LogP contribution in [0.3, 0.4) is 0 Å². The molecule has 6 aromatic rings. The van der Waals surface area contributed by atoms with Crippen molar-refractivity contribution in [2.75, 3.05) is 46.6 Å². The number of para-hydroxylation sites is 2.